The molecule has 214 valence electrons. The molecule has 0 fully saturated rings. The Labute approximate surface area is 222 Å². The first-order valence-electron chi connectivity index (χ1n) is 11.8. The van der Waals surface area contributed by atoms with Crippen LogP contribution in [0.25, 0.3) is 21.5 Å². The van der Waals surface area contributed by atoms with Gasteiger partial charge in [-0.1, -0.05) is 48.5 Å². The maximum atomic E-state index is 13.8. The average molecular weight is 572 g/mol. The van der Waals surface area contributed by atoms with Crippen molar-refractivity contribution in [3.05, 3.63) is 59.7 Å². The molecule has 7 nitrogen and oxygen atoms in total. The van der Waals surface area contributed by atoms with Gasteiger partial charge in [0.25, 0.3) is 0 Å². The Bertz CT molecular complexity index is 1450. The highest BCUT2D eigenvalue weighted by atomic mass is 19.4. The van der Waals surface area contributed by atoms with Crippen molar-refractivity contribution < 1.29 is 59.7 Å². The molecule has 0 saturated heterocycles. The Morgan fingerprint density at radius 2 is 1.18 bits per heavy atom. The summed E-state index contributed by atoms with van der Waals surface area (Å²) in [4.78, 5) is 36.2. The van der Waals surface area contributed by atoms with Gasteiger partial charge in [0.2, 0.25) is 6.10 Å². The fourth-order valence-electron chi connectivity index (χ4n) is 4.96. The van der Waals surface area contributed by atoms with Gasteiger partial charge in [0.1, 0.15) is 6.10 Å². The van der Waals surface area contributed by atoms with Gasteiger partial charge >= 0.3 is 30.3 Å². The lowest BCUT2D eigenvalue weighted by Gasteiger charge is -2.43. The number of rotatable bonds is 5. The molecular weight excluding hydrogens is 550 g/mol. The molecule has 0 N–H and O–H groups in total. The van der Waals surface area contributed by atoms with Crippen LogP contribution in [0.2, 0.25) is 0 Å². The van der Waals surface area contributed by atoms with Crippen LogP contribution in [-0.2, 0) is 33.3 Å². The van der Waals surface area contributed by atoms with E-state index in [4.69, 9.17) is 18.9 Å². The highest BCUT2D eigenvalue weighted by Gasteiger charge is 2.61. The third-order valence-corrected chi connectivity index (χ3v) is 6.27. The van der Waals surface area contributed by atoms with Crippen molar-refractivity contribution in [2.24, 2.45) is 0 Å². The molecule has 0 unspecified atom stereocenters. The predicted molar refractivity (Wildman–Crippen MR) is 127 cm³/mol. The second-order valence-corrected chi connectivity index (χ2v) is 9.15. The molecule has 40 heavy (non-hydrogen) atoms. The lowest BCUT2D eigenvalue weighted by atomic mass is 9.79. The molecule has 0 radical (unpaired) electrons. The van der Waals surface area contributed by atoms with E-state index >= 15 is 0 Å². The Morgan fingerprint density at radius 3 is 1.73 bits per heavy atom. The van der Waals surface area contributed by atoms with E-state index in [1.54, 1.807) is 36.4 Å². The minimum absolute atomic E-state index is 0.0817. The highest BCUT2D eigenvalue weighted by Crippen LogP contribution is 2.50. The van der Waals surface area contributed by atoms with Gasteiger partial charge < -0.3 is 18.9 Å². The van der Waals surface area contributed by atoms with Gasteiger partial charge in [-0.3, -0.25) is 14.4 Å². The minimum atomic E-state index is -5.92. The Hall–Kier alpha value is -3.87. The lowest BCUT2D eigenvalue weighted by Crippen LogP contribution is -2.52. The third kappa shape index (κ3) is 5.69. The smallest absolute Gasteiger partial charge is 0.423 e. The molecule has 13 heteroatoms. The summed E-state index contributed by atoms with van der Waals surface area (Å²) in [5.41, 5.74) is -0.324. The van der Waals surface area contributed by atoms with E-state index in [0.717, 1.165) is 20.8 Å². The first-order valence-corrected chi connectivity index (χ1v) is 11.8. The van der Waals surface area contributed by atoms with Crippen molar-refractivity contribution in [1.82, 2.24) is 0 Å². The Morgan fingerprint density at radius 1 is 0.675 bits per heavy atom. The van der Waals surface area contributed by atoms with Crippen LogP contribution in [0.3, 0.4) is 0 Å². The number of fused-ring (bicyclic) bond motifs is 5. The maximum absolute atomic E-state index is 13.8. The van der Waals surface area contributed by atoms with Crippen LogP contribution in [0, 0.1) is 0 Å². The van der Waals surface area contributed by atoms with Gasteiger partial charge in [0, 0.05) is 31.9 Å². The quantitative estimate of drug-likeness (QED) is 0.160. The summed E-state index contributed by atoms with van der Waals surface area (Å²) in [6.45, 7) is 2.79. The molecule has 0 amide bonds. The topological polar surface area (TPSA) is 88.1 Å². The summed E-state index contributed by atoms with van der Waals surface area (Å²) in [7, 11) is 0. The highest BCUT2D eigenvalue weighted by molar-refractivity contribution is 6.10. The van der Waals surface area contributed by atoms with Crippen LogP contribution in [-0.4, -0.2) is 48.6 Å². The molecule has 3 aromatic carbocycles. The van der Waals surface area contributed by atoms with E-state index in [9.17, 15) is 40.7 Å². The number of alkyl halides is 6. The van der Waals surface area contributed by atoms with Gasteiger partial charge in [-0.05, 0) is 21.5 Å². The van der Waals surface area contributed by atoms with Crippen LogP contribution in [0.4, 0.5) is 26.3 Å². The molecule has 1 aliphatic carbocycles. The minimum Gasteiger partial charge on any atom is -0.455 e. The van der Waals surface area contributed by atoms with Crippen molar-refractivity contribution in [2.75, 3.05) is 0 Å². The number of ether oxygens (including phenoxy) is 4. The van der Waals surface area contributed by atoms with E-state index in [0.29, 0.717) is 16.2 Å². The molecule has 1 aliphatic rings. The van der Waals surface area contributed by atoms with Crippen LogP contribution in [0.1, 0.15) is 44.1 Å². The van der Waals surface area contributed by atoms with Gasteiger partial charge in [0.15, 0.2) is 18.3 Å². The van der Waals surface area contributed by atoms with Crippen LogP contribution in [0.15, 0.2) is 48.5 Å². The second-order valence-electron chi connectivity index (χ2n) is 9.15. The zero-order valence-electron chi connectivity index (χ0n) is 21.1. The standard InChI is InChI=1S/C27H22F6O7/c1-12(34)37-21-18-11-10-16-9-8-15-6-4-5-7-17(15)19(16)20(18)22(40-25(26(28,29)30)27(31,32)33)24(39-14(3)36)23(21)38-13(2)35/h4-11,21-25H,1-3H3/t21-,22+,23+,24-/m1/s1. The summed E-state index contributed by atoms with van der Waals surface area (Å²) in [5.74, 6) is -3.06. The second kappa shape index (κ2) is 10.6. The van der Waals surface area contributed by atoms with Gasteiger partial charge in [-0.2, -0.15) is 26.3 Å². The largest absolute Gasteiger partial charge is 0.455 e. The van der Waals surface area contributed by atoms with Crippen molar-refractivity contribution in [2.45, 2.75) is 63.6 Å². The van der Waals surface area contributed by atoms with E-state index in [2.05, 4.69) is 0 Å². The van der Waals surface area contributed by atoms with E-state index < -0.39 is 60.8 Å². The third-order valence-electron chi connectivity index (χ3n) is 6.27. The molecular formula is C27H22F6O7. The van der Waals surface area contributed by atoms with Crippen molar-refractivity contribution >= 4 is 39.5 Å². The zero-order chi connectivity index (χ0) is 29.6. The number of hydrogen-bond donors (Lipinski definition) is 0. The molecule has 0 heterocycles. The maximum Gasteiger partial charge on any atom is 0.423 e. The molecule has 3 aromatic rings. The molecule has 0 aliphatic heterocycles. The summed E-state index contributed by atoms with van der Waals surface area (Å²) < 4.78 is 103. The van der Waals surface area contributed by atoms with Crippen LogP contribution in [0.5, 0.6) is 0 Å². The fraction of sp³-hybridized carbons (Fsp3) is 0.370. The molecule has 0 spiro atoms. The Kier molecular flexibility index (Phi) is 7.72. The summed E-state index contributed by atoms with van der Waals surface area (Å²) in [6, 6.07) is 12.7. The molecule has 4 atom stereocenters. The van der Waals surface area contributed by atoms with Gasteiger partial charge in [-0.15, -0.1) is 0 Å². The molecule has 0 bridgehead atoms. The lowest BCUT2D eigenvalue weighted by molar-refractivity contribution is -0.341. The number of benzene rings is 3. The normalized spacial score (nSPS) is 21.2. The molecule has 0 saturated carbocycles. The number of hydrogen-bond acceptors (Lipinski definition) is 7. The van der Waals surface area contributed by atoms with Crippen molar-refractivity contribution in [3.8, 4) is 0 Å². The first-order chi connectivity index (χ1) is 18.6. The Balaban J connectivity index is 2.13. The van der Waals surface area contributed by atoms with Crippen LogP contribution >= 0.6 is 0 Å². The number of carbonyl (C=O) groups excluding carboxylic acids is 3. The van der Waals surface area contributed by atoms with E-state index in [1.807, 2.05) is 0 Å². The average Bonchev–Trinajstić information content (AvgIpc) is 2.82. The number of carbonyl (C=O) groups is 3. The number of halogens is 6. The molecule has 0 aromatic heterocycles. The van der Waals surface area contributed by atoms with Gasteiger partial charge in [0.05, 0.1) is 0 Å². The number of esters is 3. The molecule has 4 rings (SSSR count). The van der Waals surface area contributed by atoms with Gasteiger partial charge in [-0.25, -0.2) is 0 Å². The fourth-order valence-corrected chi connectivity index (χ4v) is 4.96. The summed E-state index contributed by atoms with van der Waals surface area (Å²) >= 11 is 0. The van der Waals surface area contributed by atoms with Crippen LogP contribution < -0.4 is 0 Å². The predicted octanol–water partition coefficient (Wildman–Crippen LogP) is 6.03. The van der Waals surface area contributed by atoms with Crippen molar-refractivity contribution in [3.63, 3.8) is 0 Å². The summed E-state index contributed by atoms with van der Waals surface area (Å²) in [5, 5.41) is 1.59. The zero-order valence-corrected chi connectivity index (χ0v) is 21.1. The van der Waals surface area contributed by atoms with Crippen molar-refractivity contribution in [1.29, 1.82) is 0 Å². The first kappa shape index (κ1) is 29.1. The summed E-state index contributed by atoms with van der Waals surface area (Å²) in [6.07, 6.45) is -23.9. The van der Waals surface area contributed by atoms with E-state index in [-0.39, 0.29) is 16.5 Å². The monoisotopic (exact) mass is 572 g/mol. The SMILES string of the molecule is CC(=O)O[C@@H]1[C@H](OC(C)=O)[C@@H](OC(C(F)(F)F)C(F)(F)F)c2c(ccc3ccc4ccccc4c23)[C@H]1OC(C)=O. The van der Waals surface area contributed by atoms with E-state index in [1.165, 1.54) is 12.1 Å².